The molecule has 2 aromatic carbocycles. The summed E-state index contributed by atoms with van der Waals surface area (Å²) in [6, 6.07) is 14.5. The summed E-state index contributed by atoms with van der Waals surface area (Å²) in [7, 11) is 0.396. The largest absolute Gasteiger partial charge is 0.352 e. The van der Waals surface area contributed by atoms with Gasteiger partial charge in [0.15, 0.2) is 0 Å². The summed E-state index contributed by atoms with van der Waals surface area (Å²) in [5, 5.41) is 2.85. The highest BCUT2D eigenvalue weighted by Crippen LogP contribution is 2.11. The number of amides is 1. The van der Waals surface area contributed by atoms with Gasteiger partial charge in [0, 0.05) is 26.1 Å². The Labute approximate surface area is 161 Å². The molecule has 0 aromatic heterocycles. The van der Waals surface area contributed by atoms with E-state index in [2.05, 4.69) is 14.9 Å². The van der Waals surface area contributed by atoms with Crippen LogP contribution in [0.1, 0.15) is 23.1 Å². The van der Waals surface area contributed by atoms with E-state index in [0.717, 1.165) is 23.2 Å². The molecule has 2 rings (SSSR count). The highest BCUT2D eigenvalue weighted by atomic mass is 32.2. The Morgan fingerprint density at radius 3 is 2.26 bits per heavy atom. The van der Waals surface area contributed by atoms with E-state index in [0.29, 0.717) is 6.54 Å². The van der Waals surface area contributed by atoms with E-state index in [9.17, 15) is 13.2 Å². The van der Waals surface area contributed by atoms with Gasteiger partial charge in [0.25, 0.3) is 0 Å². The zero-order valence-electron chi connectivity index (χ0n) is 16.0. The van der Waals surface area contributed by atoms with Crippen molar-refractivity contribution >= 4 is 15.9 Å². The first-order valence-electron chi connectivity index (χ1n) is 8.82. The molecule has 0 atom stereocenters. The molecule has 1 amide bonds. The summed E-state index contributed by atoms with van der Waals surface area (Å²) in [6.07, 6.45) is 0.0843. The van der Waals surface area contributed by atoms with Crippen LogP contribution in [0.15, 0.2) is 53.4 Å². The third-order valence-electron chi connectivity index (χ3n) is 4.06. The van der Waals surface area contributed by atoms with Gasteiger partial charge >= 0.3 is 0 Å². The number of aryl methyl sites for hydroxylation is 1. The van der Waals surface area contributed by atoms with Crippen molar-refractivity contribution in [2.75, 3.05) is 20.6 Å². The van der Waals surface area contributed by atoms with Gasteiger partial charge in [-0.15, -0.1) is 0 Å². The van der Waals surface area contributed by atoms with Crippen LogP contribution in [0.25, 0.3) is 0 Å². The maximum Gasteiger partial charge on any atom is 0.240 e. The van der Waals surface area contributed by atoms with Crippen molar-refractivity contribution in [2.45, 2.75) is 31.3 Å². The van der Waals surface area contributed by atoms with E-state index in [1.807, 2.05) is 45.3 Å². The Bertz CT molecular complexity index is 862. The van der Waals surface area contributed by atoms with Crippen LogP contribution in [0.5, 0.6) is 0 Å². The predicted molar refractivity (Wildman–Crippen MR) is 107 cm³/mol. The van der Waals surface area contributed by atoms with Gasteiger partial charge in [-0.05, 0) is 44.3 Å². The van der Waals surface area contributed by atoms with E-state index in [4.69, 9.17) is 0 Å². The van der Waals surface area contributed by atoms with Crippen LogP contribution in [-0.2, 0) is 27.9 Å². The zero-order chi connectivity index (χ0) is 19.9. The van der Waals surface area contributed by atoms with E-state index >= 15 is 0 Å². The molecule has 0 heterocycles. The molecule has 0 bridgehead atoms. The van der Waals surface area contributed by atoms with Crippen molar-refractivity contribution < 1.29 is 13.2 Å². The van der Waals surface area contributed by atoms with Crippen molar-refractivity contribution in [3.8, 4) is 0 Å². The third-order valence-corrected chi connectivity index (χ3v) is 5.53. The number of carbonyl (C=O) groups excluding carboxylic acids is 1. The van der Waals surface area contributed by atoms with Crippen molar-refractivity contribution in [1.82, 2.24) is 14.9 Å². The minimum Gasteiger partial charge on any atom is -0.352 e. The molecular formula is C20H27N3O3S. The summed E-state index contributed by atoms with van der Waals surface area (Å²) in [5.41, 5.74) is 3.20. The van der Waals surface area contributed by atoms with E-state index in [1.165, 1.54) is 0 Å². The van der Waals surface area contributed by atoms with Crippen LogP contribution in [0.4, 0.5) is 0 Å². The first-order valence-corrected chi connectivity index (χ1v) is 10.3. The molecule has 146 valence electrons. The van der Waals surface area contributed by atoms with Crippen molar-refractivity contribution in [3.63, 3.8) is 0 Å². The molecule has 0 spiro atoms. The number of hydrogen-bond acceptors (Lipinski definition) is 4. The smallest absolute Gasteiger partial charge is 0.240 e. The van der Waals surface area contributed by atoms with Gasteiger partial charge in [-0.1, -0.05) is 42.0 Å². The number of rotatable bonds is 9. The number of nitrogens with one attached hydrogen (secondary N) is 2. The van der Waals surface area contributed by atoms with E-state index < -0.39 is 10.0 Å². The Kier molecular flexibility index (Phi) is 7.53. The van der Waals surface area contributed by atoms with Gasteiger partial charge in [-0.3, -0.25) is 4.79 Å². The van der Waals surface area contributed by atoms with Crippen LogP contribution in [0.3, 0.4) is 0 Å². The van der Waals surface area contributed by atoms with Gasteiger partial charge in [-0.2, -0.15) is 0 Å². The number of benzene rings is 2. The molecule has 0 saturated carbocycles. The van der Waals surface area contributed by atoms with Crippen molar-refractivity contribution in [3.05, 3.63) is 65.2 Å². The normalized spacial score (nSPS) is 11.6. The molecule has 27 heavy (non-hydrogen) atoms. The first kappa shape index (κ1) is 21.1. The minimum atomic E-state index is -3.60. The highest BCUT2D eigenvalue weighted by Gasteiger charge is 2.14. The van der Waals surface area contributed by atoms with Crippen LogP contribution in [-0.4, -0.2) is 39.9 Å². The molecule has 0 fully saturated rings. The van der Waals surface area contributed by atoms with Crippen LogP contribution in [0, 0.1) is 6.92 Å². The number of carbonyl (C=O) groups is 1. The summed E-state index contributed by atoms with van der Waals surface area (Å²) in [6.45, 7) is 3.17. The Balaban J connectivity index is 1.82. The van der Waals surface area contributed by atoms with Gasteiger partial charge in [0.1, 0.15) is 0 Å². The second-order valence-corrected chi connectivity index (χ2v) is 8.51. The Morgan fingerprint density at radius 2 is 1.63 bits per heavy atom. The molecule has 0 aliphatic rings. The second kappa shape index (κ2) is 9.64. The SMILES string of the molecule is Cc1ccc(S(=O)(=O)NCCC(=O)NCc2ccccc2CN(C)C)cc1. The fraction of sp³-hybridized carbons (Fsp3) is 0.350. The molecule has 2 aromatic rings. The lowest BCUT2D eigenvalue weighted by atomic mass is 10.1. The molecule has 2 N–H and O–H groups in total. The minimum absolute atomic E-state index is 0.0569. The van der Waals surface area contributed by atoms with Crippen LogP contribution >= 0.6 is 0 Å². The number of nitrogens with zero attached hydrogens (tertiary/aromatic N) is 1. The standard InChI is InChI=1S/C20H27N3O3S/c1-16-8-10-19(11-9-16)27(25,26)22-13-12-20(24)21-14-17-6-4-5-7-18(17)15-23(2)3/h4-11,22H,12-15H2,1-3H3,(H,21,24). The molecule has 0 saturated heterocycles. The molecule has 0 unspecified atom stereocenters. The van der Waals surface area contributed by atoms with E-state index in [1.54, 1.807) is 24.3 Å². The van der Waals surface area contributed by atoms with Crippen molar-refractivity contribution in [1.29, 1.82) is 0 Å². The van der Waals surface area contributed by atoms with Gasteiger partial charge in [-0.25, -0.2) is 13.1 Å². The van der Waals surface area contributed by atoms with E-state index in [-0.39, 0.29) is 23.8 Å². The molecule has 0 radical (unpaired) electrons. The zero-order valence-corrected chi connectivity index (χ0v) is 16.8. The van der Waals surface area contributed by atoms with Gasteiger partial charge in [0.2, 0.25) is 15.9 Å². The maximum absolute atomic E-state index is 12.2. The lowest BCUT2D eigenvalue weighted by Crippen LogP contribution is -2.30. The summed E-state index contributed by atoms with van der Waals surface area (Å²) >= 11 is 0. The second-order valence-electron chi connectivity index (χ2n) is 6.74. The Hall–Kier alpha value is -2.22. The van der Waals surface area contributed by atoms with Crippen LogP contribution in [0.2, 0.25) is 0 Å². The van der Waals surface area contributed by atoms with Crippen LogP contribution < -0.4 is 10.0 Å². The number of hydrogen-bond donors (Lipinski definition) is 2. The molecule has 0 aliphatic carbocycles. The lowest BCUT2D eigenvalue weighted by Gasteiger charge is -2.14. The number of sulfonamides is 1. The summed E-state index contributed by atoms with van der Waals surface area (Å²) in [5.74, 6) is -0.193. The fourth-order valence-electron chi connectivity index (χ4n) is 2.61. The average molecular weight is 390 g/mol. The third kappa shape index (κ3) is 6.78. The molecular weight excluding hydrogens is 362 g/mol. The van der Waals surface area contributed by atoms with Gasteiger partial charge < -0.3 is 10.2 Å². The average Bonchev–Trinajstić information content (AvgIpc) is 2.61. The monoisotopic (exact) mass is 389 g/mol. The fourth-order valence-corrected chi connectivity index (χ4v) is 3.64. The highest BCUT2D eigenvalue weighted by molar-refractivity contribution is 7.89. The molecule has 6 nitrogen and oxygen atoms in total. The predicted octanol–water partition coefficient (Wildman–Crippen LogP) is 2.04. The lowest BCUT2D eigenvalue weighted by molar-refractivity contribution is -0.121. The first-order chi connectivity index (χ1) is 12.8. The summed E-state index contributed by atoms with van der Waals surface area (Å²) < 4.78 is 26.9. The Morgan fingerprint density at radius 1 is 1.00 bits per heavy atom. The van der Waals surface area contributed by atoms with Gasteiger partial charge in [0.05, 0.1) is 4.90 Å². The topological polar surface area (TPSA) is 78.5 Å². The quantitative estimate of drug-likeness (QED) is 0.688. The molecule has 7 heteroatoms. The summed E-state index contributed by atoms with van der Waals surface area (Å²) in [4.78, 5) is 14.3. The van der Waals surface area contributed by atoms with Crippen molar-refractivity contribution in [2.24, 2.45) is 0 Å². The molecule has 0 aliphatic heterocycles. The maximum atomic E-state index is 12.2.